The molecule has 0 bridgehead atoms. The molecule has 3 amide bonds. The number of anilines is 3. The molecule has 3 rings (SSSR count). The van der Waals surface area contributed by atoms with E-state index in [1.807, 2.05) is 0 Å². The van der Waals surface area contributed by atoms with E-state index in [-0.39, 0.29) is 17.3 Å². The third-order valence-electron chi connectivity index (χ3n) is 6.12. The van der Waals surface area contributed by atoms with Gasteiger partial charge in [-0.2, -0.15) is 26.3 Å². The van der Waals surface area contributed by atoms with Crippen molar-refractivity contribution in [1.82, 2.24) is 10.3 Å². The van der Waals surface area contributed by atoms with Crippen LogP contribution in [0.15, 0.2) is 42.6 Å². The summed E-state index contributed by atoms with van der Waals surface area (Å²) in [6.07, 6.45) is -13.1. The number of hydrogen-bond acceptors (Lipinski definition) is 5. The number of amides is 3. The first-order valence-electron chi connectivity index (χ1n) is 11.7. The standard InChI is InChI=1S/C24H24ClF6N5O3/c25-15-4-3-5-17-19(15)35-22(39)16(12-36(17)18-6-1-2-11-33-18)34-21(38)14(8-10-24(29,30)31)13(20(32)37)7-9-23(26,27)28/h1-6,11,13-14,16H,7-10,12H2,(H2,32,37)(H,34,38)(H,35,39)/t13-,14+,16-/m0/s1. The quantitative estimate of drug-likeness (QED) is 0.372. The van der Waals surface area contributed by atoms with Crippen molar-refractivity contribution in [2.75, 3.05) is 16.8 Å². The Morgan fingerprint density at radius 2 is 1.69 bits per heavy atom. The van der Waals surface area contributed by atoms with Crippen LogP contribution in [0.2, 0.25) is 5.02 Å². The number of fused-ring (bicyclic) bond motifs is 1. The van der Waals surface area contributed by atoms with Crippen LogP contribution in [-0.2, 0) is 14.4 Å². The number of carbonyl (C=O) groups is 3. The van der Waals surface area contributed by atoms with E-state index in [9.17, 15) is 40.7 Å². The Hall–Kier alpha value is -3.55. The van der Waals surface area contributed by atoms with Gasteiger partial charge >= 0.3 is 12.4 Å². The van der Waals surface area contributed by atoms with Crippen LogP contribution in [0.5, 0.6) is 0 Å². The molecule has 2 aromatic rings. The highest BCUT2D eigenvalue weighted by molar-refractivity contribution is 6.34. The Morgan fingerprint density at radius 1 is 1.05 bits per heavy atom. The topological polar surface area (TPSA) is 117 Å². The Morgan fingerprint density at radius 3 is 2.26 bits per heavy atom. The van der Waals surface area contributed by atoms with Gasteiger partial charge in [0.15, 0.2) is 0 Å². The molecule has 8 nitrogen and oxygen atoms in total. The highest BCUT2D eigenvalue weighted by Gasteiger charge is 2.41. The van der Waals surface area contributed by atoms with E-state index in [0.717, 1.165) is 0 Å². The first kappa shape index (κ1) is 30.0. The molecule has 0 unspecified atom stereocenters. The van der Waals surface area contributed by atoms with E-state index in [4.69, 9.17) is 17.3 Å². The smallest absolute Gasteiger partial charge is 0.369 e. The first-order chi connectivity index (χ1) is 18.2. The van der Waals surface area contributed by atoms with E-state index >= 15 is 0 Å². The number of alkyl halides is 6. The molecule has 0 saturated carbocycles. The predicted molar refractivity (Wildman–Crippen MR) is 130 cm³/mol. The monoisotopic (exact) mass is 579 g/mol. The maximum absolute atomic E-state index is 13.2. The van der Waals surface area contributed by atoms with Crippen LogP contribution in [-0.4, -0.2) is 47.6 Å². The van der Waals surface area contributed by atoms with Crippen LogP contribution in [0.3, 0.4) is 0 Å². The van der Waals surface area contributed by atoms with Gasteiger partial charge in [0.1, 0.15) is 11.9 Å². The van der Waals surface area contributed by atoms with Gasteiger partial charge in [-0.3, -0.25) is 14.4 Å². The van der Waals surface area contributed by atoms with Gasteiger partial charge in [0.05, 0.1) is 22.9 Å². The summed E-state index contributed by atoms with van der Waals surface area (Å²) in [5.41, 5.74) is 5.81. The lowest BCUT2D eigenvalue weighted by molar-refractivity contribution is -0.152. The molecule has 0 spiro atoms. The van der Waals surface area contributed by atoms with Gasteiger partial charge in [0.2, 0.25) is 17.7 Å². The number of benzene rings is 1. The highest BCUT2D eigenvalue weighted by atomic mass is 35.5. The zero-order valence-electron chi connectivity index (χ0n) is 20.2. The molecule has 2 heterocycles. The second kappa shape index (κ2) is 12.1. The summed E-state index contributed by atoms with van der Waals surface area (Å²) in [6, 6.07) is 8.20. The Balaban J connectivity index is 1.93. The van der Waals surface area contributed by atoms with Crippen LogP contribution < -0.4 is 21.3 Å². The van der Waals surface area contributed by atoms with Gasteiger partial charge in [0, 0.05) is 30.9 Å². The van der Waals surface area contributed by atoms with Crippen molar-refractivity contribution in [1.29, 1.82) is 0 Å². The largest absolute Gasteiger partial charge is 0.389 e. The normalized spacial score (nSPS) is 17.5. The summed E-state index contributed by atoms with van der Waals surface area (Å²) >= 11 is 6.27. The Kier molecular flexibility index (Phi) is 9.30. The fraction of sp³-hybridized carbons (Fsp3) is 0.417. The van der Waals surface area contributed by atoms with Gasteiger partial charge in [-0.25, -0.2) is 4.98 Å². The molecule has 0 saturated heterocycles. The molecule has 3 atom stereocenters. The maximum Gasteiger partial charge on any atom is 0.389 e. The van der Waals surface area contributed by atoms with E-state index in [1.54, 1.807) is 30.3 Å². The molecule has 1 aliphatic heterocycles. The van der Waals surface area contributed by atoms with Crippen molar-refractivity contribution in [3.8, 4) is 0 Å². The molecule has 212 valence electrons. The predicted octanol–water partition coefficient (Wildman–Crippen LogP) is 4.71. The molecule has 15 heteroatoms. The number of rotatable bonds is 9. The number of aromatic nitrogens is 1. The molecule has 1 aromatic heterocycles. The maximum atomic E-state index is 13.2. The molecular weight excluding hydrogens is 556 g/mol. The van der Waals surface area contributed by atoms with Crippen LogP contribution in [0.1, 0.15) is 25.7 Å². The third kappa shape index (κ3) is 8.22. The Bertz CT molecular complexity index is 1200. The molecule has 39 heavy (non-hydrogen) atoms. The number of para-hydroxylation sites is 1. The second-order valence-corrected chi connectivity index (χ2v) is 9.31. The molecule has 0 radical (unpaired) electrons. The summed E-state index contributed by atoms with van der Waals surface area (Å²) in [6.45, 7) is -0.266. The van der Waals surface area contributed by atoms with E-state index < -0.39 is 73.6 Å². The summed E-state index contributed by atoms with van der Waals surface area (Å²) in [4.78, 5) is 44.1. The van der Waals surface area contributed by atoms with Crippen molar-refractivity contribution in [2.24, 2.45) is 17.6 Å². The zero-order chi connectivity index (χ0) is 29.0. The minimum absolute atomic E-state index is 0.151. The first-order valence-corrected chi connectivity index (χ1v) is 12.0. The lowest BCUT2D eigenvalue weighted by atomic mass is 9.83. The number of halogens is 7. The second-order valence-electron chi connectivity index (χ2n) is 8.91. The van der Waals surface area contributed by atoms with Gasteiger partial charge in [-0.15, -0.1) is 0 Å². The average molecular weight is 580 g/mol. The SMILES string of the molecule is NC(=O)[C@@H](CCC(F)(F)F)[C@@H](CCC(F)(F)F)C(=O)N[C@H]1CN(c2ccccn2)c2cccc(Cl)c2NC1=O. The molecule has 1 aromatic carbocycles. The minimum Gasteiger partial charge on any atom is -0.369 e. The van der Waals surface area contributed by atoms with Crippen molar-refractivity contribution in [2.45, 2.75) is 44.1 Å². The van der Waals surface area contributed by atoms with Crippen molar-refractivity contribution >= 4 is 46.5 Å². The number of nitrogens with one attached hydrogen (secondary N) is 2. The summed E-state index contributed by atoms with van der Waals surface area (Å²) in [5, 5.41) is 5.03. The van der Waals surface area contributed by atoms with Gasteiger partial charge in [-0.1, -0.05) is 23.7 Å². The highest BCUT2D eigenvalue weighted by Crippen LogP contribution is 2.38. The molecule has 1 aliphatic rings. The summed E-state index contributed by atoms with van der Waals surface area (Å²) in [7, 11) is 0. The van der Waals surface area contributed by atoms with E-state index in [1.165, 1.54) is 17.2 Å². The summed E-state index contributed by atoms with van der Waals surface area (Å²) < 4.78 is 77.6. The number of nitrogens with zero attached hydrogens (tertiary/aromatic N) is 2. The number of primary amides is 1. The Labute approximate surface area is 223 Å². The van der Waals surface area contributed by atoms with Crippen molar-refractivity contribution in [3.05, 3.63) is 47.6 Å². The van der Waals surface area contributed by atoms with E-state index in [2.05, 4.69) is 15.6 Å². The molecule has 4 N–H and O–H groups in total. The molecular formula is C24H24ClF6N5O3. The fourth-order valence-electron chi connectivity index (χ4n) is 4.25. The van der Waals surface area contributed by atoms with Crippen molar-refractivity contribution < 1.29 is 40.7 Å². The summed E-state index contributed by atoms with van der Waals surface area (Å²) in [5.74, 6) is -6.77. The average Bonchev–Trinajstić information content (AvgIpc) is 2.97. The van der Waals surface area contributed by atoms with Gasteiger partial charge in [-0.05, 0) is 37.1 Å². The van der Waals surface area contributed by atoms with Gasteiger partial charge in [0.25, 0.3) is 0 Å². The third-order valence-corrected chi connectivity index (χ3v) is 6.44. The molecule has 0 aliphatic carbocycles. The number of carbonyl (C=O) groups excluding carboxylic acids is 3. The van der Waals surface area contributed by atoms with Gasteiger partial charge < -0.3 is 21.3 Å². The lowest BCUT2D eigenvalue weighted by Gasteiger charge is -2.29. The zero-order valence-corrected chi connectivity index (χ0v) is 20.9. The number of pyridine rings is 1. The fourth-order valence-corrected chi connectivity index (χ4v) is 4.47. The van der Waals surface area contributed by atoms with E-state index in [0.29, 0.717) is 11.5 Å². The van der Waals surface area contributed by atoms with Crippen LogP contribution in [0.4, 0.5) is 43.5 Å². The minimum atomic E-state index is -4.77. The lowest BCUT2D eigenvalue weighted by Crippen LogP contribution is -2.52. The van der Waals surface area contributed by atoms with Crippen LogP contribution in [0, 0.1) is 11.8 Å². The van der Waals surface area contributed by atoms with Crippen LogP contribution >= 0.6 is 11.6 Å². The van der Waals surface area contributed by atoms with Crippen LogP contribution in [0.25, 0.3) is 0 Å². The molecule has 0 fully saturated rings. The number of nitrogens with two attached hydrogens (primary N) is 1. The number of hydrogen-bond donors (Lipinski definition) is 3. The van der Waals surface area contributed by atoms with Crippen molar-refractivity contribution in [3.63, 3.8) is 0 Å².